The molecule has 0 fully saturated rings. The molecule has 0 saturated heterocycles. The Morgan fingerprint density at radius 1 is 1.05 bits per heavy atom. The summed E-state index contributed by atoms with van der Waals surface area (Å²) in [6.07, 6.45) is 0. The van der Waals surface area contributed by atoms with E-state index < -0.39 is 0 Å². The van der Waals surface area contributed by atoms with E-state index in [1.165, 1.54) is 33.4 Å². The number of rotatable bonds is 4. The van der Waals surface area contributed by atoms with Crippen LogP contribution in [0, 0.1) is 6.92 Å². The van der Waals surface area contributed by atoms with Gasteiger partial charge in [0.1, 0.15) is 0 Å². The zero-order valence-corrected chi connectivity index (χ0v) is 13.1. The highest BCUT2D eigenvalue weighted by molar-refractivity contribution is 5.69. The van der Waals surface area contributed by atoms with Gasteiger partial charge >= 0.3 is 0 Å². The Bertz CT molecular complexity index is 646. The first-order valence-electron chi connectivity index (χ1n) is 7.66. The summed E-state index contributed by atoms with van der Waals surface area (Å²) in [6, 6.07) is 13.9. The number of ether oxygens (including phenoxy) is 1. The smallest absolute Gasteiger partial charge is 0.0725 e. The minimum atomic E-state index is 0.493. The quantitative estimate of drug-likeness (QED) is 0.907. The number of fused-ring (bicyclic) bond motifs is 1. The van der Waals surface area contributed by atoms with E-state index in [9.17, 15) is 0 Å². The lowest BCUT2D eigenvalue weighted by Crippen LogP contribution is -2.22. The van der Waals surface area contributed by atoms with E-state index >= 15 is 0 Å². The molecule has 0 unspecified atom stereocenters. The van der Waals surface area contributed by atoms with Gasteiger partial charge in [0.15, 0.2) is 0 Å². The van der Waals surface area contributed by atoms with Crippen molar-refractivity contribution in [1.29, 1.82) is 0 Å². The number of aryl methyl sites for hydroxylation is 1. The molecule has 0 aliphatic carbocycles. The zero-order valence-electron chi connectivity index (χ0n) is 13.1. The van der Waals surface area contributed by atoms with Crippen molar-refractivity contribution < 1.29 is 4.74 Å². The van der Waals surface area contributed by atoms with E-state index in [4.69, 9.17) is 4.74 Å². The molecule has 2 heteroatoms. The van der Waals surface area contributed by atoms with Gasteiger partial charge in [0.25, 0.3) is 0 Å². The number of hydrogen-bond acceptors (Lipinski definition) is 2. The highest BCUT2D eigenvalue weighted by atomic mass is 16.5. The van der Waals surface area contributed by atoms with Crippen LogP contribution in [0.3, 0.4) is 0 Å². The van der Waals surface area contributed by atoms with E-state index in [-0.39, 0.29) is 0 Å². The van der Waals surface area contributed by atoms with Crippen molar-refractivity contribution in [2.75, 3.05) is 0 Å². The van der Waals surface area contributed by atoms with Crippen LogP contribution >= 0.6 is 0 Å². The molecule has 2 aromatic carbocycles. The molecule has 1 aliphatic heterocycles. The Morgan fingerprint density at radius 2 is 1.86 bits per heavy atom. The third kappa shape index (κ3) is 3.17. The molecule has 1 heterocycles. The Balaban J connectivity index is 1.98. The SMILES string of the molecule is Cc1ccc(CNC(C)C)c(-c2ccc3c(c2)COC3)c1. The second-order valence-corrected chi connectivity index (χ2v) is 6.17. The van der Waals surface area contributed by atoms with Crippen LogP contribution in [0.2, 0.25) is 0 Å². The van der Waals surface area contributed by atoms with Crippen molar-refractivity contribution in [3.8, 4) is 11.1 Å². The van der Waals surface area contributed by atoms with Crippen molar-refractivity contribution in [1.82, 2.24) is 5.32 Å². The molecule has 110 valence electrons. The molecule has 1 aliphatic rings. The Hall–Kier alpha value is -1.64. The third-order valence-corrected chi connectivity index (χ3v) is 4.00. The van der Waals surface area contributed by atoms with Crippen LogP contribution in [0.4, 0.5) is 0 Å². The van der Waals surface area contributed by atoms with Crippen molar-refractivity contribution in [3.63, 3.8) is 0 Å². The maximum atomic E-state index is 5.53. The van der Waals surface area contributed by atoms with Gasteiger partial charge in [-0.1, -0.05) is 49.7 Å². The first-order valence-corrected chi connectivity index (χ1v) is 7.66. The third-order valence-electron chi connectivity index (χ3n) is 4.00. The molecular weight excluding hydrogens is 258 g/mol. The van der Waals surface area contributed by atoms with Gasteiger partial charge in [-0.3, -0.25) is 0 Å². The van der Waals surface area contributed by atoms with Gasteiger partial charge < -0.3 is 10.1 Å². The van der Waals surface area contributed by atoms with Crippen molar-refractivity contribution in [2.45, 2.75) is 46.6 Å². The summed E-state index contributed by atoms with van der Waals surface area (Å²) >= 11 is 0. The maximum Gasteiger partial charge on any atom is 0.0725 e. The van der Waals surface area contributed by atoms with Crippen LogP contribution in [-0.4, -0.2) is 6.04 Å². The summed E-state index contributed by atoms with van der Waals surface area (Å²) < 4.78 is 5.53. The Kier molecular flexibility index (Phi) is 4.09. The molecule has 1 N–H and O–H groups in total. The topological polar surface area (TPSA) is 21.3 Å². The molecular formula is C19H23NO. The van der Waals surface area contributed by atoms with Crippen LogP contribution < -0.4 is 5.32 Å². The fourth-order valence-electron chi connectivity index (χ4n) is 2.77. The summed E-state index contributed by atoms with van der Waals surface area (Å²) in [5.41, 5.74) is 7.94. The first-order chi connectivity index (χ1) is 10.1. The number of nitrogens with one attached hydrogen (secondary N) is 1. The maximum absolute atomic E-state index is 5.53. The van der Waals surface area contributed by atoms with Gasteiger partial charge in [-0.05, 0) is 40.8 Å². The van der Waals surface area contributed by atoms with Gasteiger partial charge in [0.2, 0.25) is 0 Å². The standard InChI is InChI=1S/C19H23NO/c1-13(2)20-10-16-5-4-14(3)8-19(16)15-6-7-17-11-21-12-18(17)9-15/h4-9,13,20H,10-12H2,1-3H3. The second kappa shape index (κ2) is 6.00. The fourth-order valence-corrected chi connectivity index (χ4v) is 2.77. The molecule has 0 atom stereocenters. The number of hydrogen-bond donors (Lipinski definition) is 1. The first kappa shape index (κ1) is 14.3. The normalized spacial score (nSPS) is 13.7. The Morgan fingerprint density at radius 3 is 2.67 bits per heavy atom. The molecule has 0 radical (unpaired) electrons. The molecule has 0 saturated carbocycles. The van der Waals surface area contributed by atoms with E-state index in [0.29, 0.717) is 6.04 Å². The summed E-state index contributed by atoms with van der Waals surface area (Å²) in [4.78, 5) is 0. The van der Waals surface area contributed by atoms with Gasteiger partial charge in [-0.2, -0.15) is 0 Å². The van der Waals surface area contributed by atoms with Crippen molar-refractivity contribution in [2.24, 2.45) is 0 Å². The van der Waals surface area contributed by atoms with E-state index in [2.05, 4.69) is 62.5 Å². The van der Waals surface area contributed by atoms with Crippen LogP contribution in [0.5, 0.6) is 0 Å². The molecule has 0 aromatic heterocycles. The lowest BCUT2D eigenvalue weighted by molar-refractivity contribution is 0.134. The van der Waals surface area contributed by atoms with Gasteiger partial charge in [0.05, 0.1) is 13.2 Å². The second-order valence-electron chi connectivity index (χ2n) is 6.17. The predicted octanol–water partition coefficient (Wildman–Crippen LogP) is 4.19. The largest absolute Gasteiger partial charge is 0.372 e. The highest BCUT2D eigenvalue weighted by Crippen LogP contribution is 2.30. The molecule has 21 heavy (non-hydrogen) atoms. The minimum absolute atomic E-state index is 0.493. The zero-order chi connectivity index (χ0) is 14.8. The van der Waals surface area contributed by atoms with E-state index in [1.807, 2.05) is 0 Å². The van der Waals surface area contributed by atoms with Crippen LogP contribution in [0.1, 0.15) is 36.1 Å². The lowest BCUT2D eigenvalue weighted by atomic mass is 9.95. The average Bonchev–Trinajstić information content (AvgIpc) is 2.93. The number of benzene rings is 2. The molecule has 2 nitrogen and oxygen atoms in total. The molecule has 0 amide bonds. The molecule has 3 rings (SSSR count). The van der Waals surface area contributed by atoms with Gasteiger partial charge in [-0.15, -0.1) is 0 Å². The van der Waals surface area contributed by atoms with E-state index in [1.54, 1.807) is 0 Å². The molecule has 0 bridgehead atoms. The summed E-state index contributed by atoms with van der Waals surface area (Å²) in [5.74, 6) is 0. The summed E-state index contributed by atoms with van der Waals surface area (Å²) in [5, 5.41) is 3.52. The van der Waals surface area contributed by atoms with Crippen molar-refractivity contribution >= 4 is 0 Å². The van der Waals surface area contributed by atoms with E-state index in [0.717, 1.165) is 19.8 Å². The minimum Gasteiger partial charge on any atom is -0.372 e. The average molecular weight is 281 g/mol. The highest BCUT2D eigenvalue weighted by Gasteiger charge is 2.13. The monoisotopic (exact) mass is 281 g/mol. The summed E-state index contributed by atoms with van der Waals surface area (Å²) in [7, 11) is 0. The van der Waals surface area contributed by atoms with Crippen molar-refractivity contribution in [3.05, 3.63) is 58.7 Å². The van der Waals surface area contributed by atoms with Gasteiger partial charge in [0, 0.05) is 12.6 Å². The predicted molar refractivity (Wildman–Crippen MR) is 87.1 cm³/mol. The summed E-state index contributed by atoms with van der Waals surface area (Å²) in [6.45, 7) is 8.92. The van der Waals surface area contributed by atoms with Crippen LogP contribution in [-0.2, 0) is 24.5 Å². The Labute approximate surface area is 127 Å². The van der Waals surface area contributed by atoms with Gasteiger partial charge in [-0.25, -0.2) is 0 Å². The van der Waals surface area contributed by atoms with Crippen LogP contribution in [0.15, 0.2) is 36.4 Å². The lowest BCUT2D eigenvalue weighted by Gasteiger charge is -2.14. The fraction of sp³-hybridized carbons (Fsp3) is 0.368. The molecule has 0 spiro atoms. The molecule has 2 aromatic rings. The van der Waals surface area contributed by atoms with Crippen LogP contribution in [0.25, 0.3) is 11.1 Å².